The SMILES string of the molecule is CCNC(=NCc1ccc(OC)cc1OC(F)F)N1CCN(c2ccccn2)CC1. The van der Waals surface area contributed by atoms with Gasteiger partial charge in [-0.1, -0.05) is 6.07 Å². The lowest BCUT2D eigenvalue weighted by molar-refractivity contribution is -0.0505. The summed E-state index contributed by atoms with van der Waals surface area (Å²) in [7, 11) is 1.48. The van der Waals surface area contributed by atoms with Crippen LogP contribution in [0.4, 0.5) is 14.6 Å². The molecule has 1 N–H and O–H groups in total. The number of benzene rings is 1. The van der Waals surface area contributed by atoms with Gasteiger partial charge in [0.1, 0.15) is 17.3 Å². The van der Waals surface area contributed by atoms with E-state index < -0.39 is 6.61 Å². The summed E-state index contributed by atoms with van der Waals surface area (Å²) < 4.78 is 35.4. The molecule has 1 aromatic carbocycles. The number of aliphatic imine (C=N–C) groups is 1. The van der Waals surface area contributed by atoms with E-state index in [1.807, 2.05) is 25.1 Å². The lowest BCUT2D eigenvalue weighted by atomic mass is 10.2. The number of alkyl halides is 2. The summed E-state index contributed by atoms with van der Waals surface area (Å²) in [4.78, 5) is 13.5. The number of piperazine rings is 1. The Morgan fingerprint density at radius 3 is 2.63 bits per heavy atom. The lowest BCUT2D eigenvalue weighted by Crippen LogP contribution is -2.52. The summed E-state index contributed by atoms with van der Waals surface area (Å²) in [6, 6.07) is 10.7. The quantitative estimate of drug-likeness (QED) is 0.550. The van der Waals surface area contributed by atoms with E-state index in [-0.39, 0.29) is 12.3 Å². The van der Waals surface area contributed by atoms with E-state index in [1.54, 1.807) is 18.3 Å². The van der Waals surface area contributed by atoms with Crippen molar-refractivity contribution in [1.29, 1.82) is 0 Å². The molecule has 0 saturated carbocycles. The van der Waals surface area contributed by atoms with Gasteiger partial charge >= 0.3 is 6.61 Å². The molecule has 3 rings (SSSR count). The van der Waals surface area contributed by atoms with Gasteiger partial charge in [0.25, 0.3) is 0 Å². The van der Waals surface area contributed by atoms with Crippen LogP contribution in [0.2, 0.25) is 0 Å². The number of pyridine rings is 1. The van der Waals surface area contributed by atoms with E-state index in [9.17, 15) is 8.78 Å². The van der Waals surface area contributed by atoms with E-state index in [2.05, 4.69) is 29.8 Å². The number of guanidine groups is 1. The summed E-state index contributed by atoms with van der Waals surface area (Å²) in [5.41, 5.74) is 0.568. The molecule has 1 saturated heterocycles. The monoisotopic (exact) mass is 419 g/mol. The zero-order chi connectivity index (χ0) is 21.3. The van der Waals surface area contributed by atoms with Gasteiger partial charge in [0.2, 0.25) is 0 Å². The Morgan fingerprint density at radius 1 is 1.20 bits per heavy atom. The van der Waals surface area contributed by atoms with E-state index >= 15 is 0 Å². The average Bonchev–Trinajstić information content (AvgIpc) is 2.77. The molecule has 2 aromatic rings. The van der Waals surface area contributed by atoms with Crippen LogP contribution in [0.1, 0.15) is 12.5 Å². The largest absolute Gasteiger partial charge is 0.497 e. The van der Waals surface area contributed by atoms with Crippen molar-refractivity contribution in [1.82, 2.24) is 15.2 Å². The predicted molar refractivity (Wildman–Crippen MR) is 112 cm³/mol. The molecule has 1 aromatic heterocycles. The third-order valence-corrected chi connectivity index (χ3v) is 4.78. The zero-order valence-electron chi connectivity index (χ0n) is 17.2. The molecule has 0 amide bonds. The molecule has 2 heterocycles. The van der Waals surface area contributed by atoms with Crippen molar-refractivity contribution in [3.8, 4) is 11.5 Å². The van der Waals surface area contributed by atoms with Gasteiger partial charge in [-0.05, 0) is 31.2 Å². The highest BCUT2D eigenvalue weighted by atomic mass is 19.3. The van der Waals surface area contributed by atoms with Crippen LogP contribution in [0, 0.1) is 0 Å². The van der Waals surface area contributed by atoms with Crippen molar-refractivity contribution in [2.24, 2.45) is 4.99 Å². The highest BCUT2D eigenvalue weighted by Gasteiger charge is 2.20. The van der Waals surface area contributed by atoms with Crippen LogP contribution in [0.5, 0.6) is 11.5 Å². The molecule has 9 heteroatoms. The fraction of sp³-hybridized carbons (Fsp3) is 0.429. The minimum absolute atomic E-state index is 0.0731. The summed E-state index contributed by atoms with van der Waals surface area (Å²) in [6.45, 7) is 3.23. The van der Waals surface area contributed by atoms with Crippen molar-refractivity contribution < 1.29 is 18.3 Å². The smallest absolute Gasteiger partial charge is 0.387 e. The van der Waals surface area contributed by atoms with Gasteiger partial charge in [0.15, 0.2) is 5.96 Å². The molecule has 1 aliphatic heterocycles. The Balaban J connectivity index is 1.69. The van der Waals surface area contributed by atoms with Crippen LogP contribution >= 0.6 is 0 Å². The first kappa shape index (κ1) is 21.6. The number of hydrogen-bond donors (Lipinski definition) is 1. The van der Waals surface area contributed by atoms with Gasteiger partial charge < -0.3 is 24.6 Å². The molecule has 30 heavy (non-hydrogen) atoms. The average molecular weight is 419 g/mol. The molecule has 162 valence electrons. The van der Waals surface area contributed by atoms with E-state index in [0.717, 1.165) is 38.0 Å². The Hall–Kier alpha value is -3.10. The first-order chi connectivity index (χ1) is 14.6. The van der Waals surface area contributed by atoms with Crippen LogP contribution in [0.25, 0.3) is 0 Å². The summed E-state index contributed by atoms with van der Waals surface area (Å²) in [6.07, 6.45) is 1.79. The van der Waals surface area contributed by atoms with Crippen LogP contribution in [0.3, 0.4) is 0 Å². The first-order valence-electron chi connectivity index (χ1n) is 9.91. The van der Waals surface area contributed by atoms with Crippen LogP contribution in [-0.2, 0) is 6.54 Å². The summed E-state index contributed by atoms with van der Waals surface area (Å²) >= 11 is 0. The van der Waals surface area contributed by atoms with Crippen molar-refractivity contribution >= 4 is 11.8 Å². The minimum Gasteiger partial charge on any atom is -0.497 e. The second-order valence-corrected chi connectivity index (χ2v) is 6.68. The molecule has 0 bridgehead atoms. The Labute approximate surface area is 175 Å². The van der Waals surface area contributed by atoms with Gasteiger partial charge in [-0.2, -0.15) is 8.78 Å². The van der Waals surface area contributed by atoms with E-state index in [4.69, 9.17) is 4.74 Å². The van der Waals surface area contributed by atoms with Crippen LogP contribution in [0.15, 0.2) is 47.6 Å². The molecule has 0 spiro atoms. The fourth-order valence-corrected chi connectivity index (χ4v) is 3.27. The van der Waals surface area contributed by atoms with Gasteiger partial charge in [-0.25, -0.2) is 9.98 Å². The predicted octanol–water partition coefficient (Wildman–Crippen LogP) is 2.98. The summed E-state index contributed by atoms with van der Waals surface area (Å²) in [5.74, 6) is 2.24. The number of rotatable bonds is 7. The number of nitrogens with zero attached hydrogens (tertiary/aromatic N) is 4. The number of anilines is 1. The Kier molecular flexibility index (Phi) is 7.64. The second-order valence-electron chi connectivity index (χ2n) is 6.68. The number of nitrogens with one attached hydrogen (secondary N) is 1. The topological polar surface area (TPSA) is 62.2 Å². The molecule has 1 fully saturated rings. The van der Waals surface area contributed by atoms with Crippen molar-refractivity contribution in [2.45, 2.75) is 20.1 Å². The van der Waals surface area contributed by atoms with E-state index in [1.165, 1.54) is 13.2 Å². The maximum Gasteiger partial charge on any atom is 0.387 e. The normalized spacial score (nSPS) is 14.8. The highest BCUT2D eigenvalue weighted by molar-refractivity contribution is 5.80. The van der Waals surface area contributed by atoms with Crippen LogP contribution < -0.4 is 19.7 Å². The zero-order valence-corrected chi connectivity index (χ0v) is 17.2. The first-order valence-corrected chi connectivity index (χ1v) is 9.91. The fourth-order valence-electron chi connectivity index (χ4n) is 3.27. The molecular formula is C21H27F2N5O2. The van der Waals surface area contributed by atoms with E-state index in [0.29, 0.717) is 17.9 Å². The highest BCUT2D eigenvalue weighted by Crippen LogP contribution is 2.27. The molecule has 0 aliphatic carbocycles. The van der Waals surface area contributed by atoms with Gasteiger partial charge in [-0.3, -0.25) is 0 Å². The standard InChI is InChI=1S/C21H27F2N5O2/c1-3-24-21(28-12-10-27(11-13-28)19-6-4-5-9-25-19)26-15-16-7-8-17(29-2)14-18(16)30-20(22)23/h4-9,14,20H,3,10-13,15H2,1-2H3,(H,24,26). The molecular weight excluding hydrogens is 392 g/mol. The number of methoxy groups -OCH3 is 1. The van der Waals surface area contributed by atoms with Crippen molar-refractivity contribution in [3.05, 3.63) is 48.2 Å². The van der Waals surface area contributed by atoms with Gasteiger partial charge in [0.05, 0.1) is 13.7 Å². The van der Waals surface area contributed by atoms with Crippen molar-refractivity contribution in [2.75, 3.05) is 44.7 Å². The third kappa shape index (κ3) is 5.71. The molecule has 0 radical (unpaired) electrons. The van der Waals surface area contributed by atoms with Crippen LogP contribution in [-0.4, -0.2) is 62.3 Å². The maximum atomic E-state index is 12.8. The number of halogens is 2. The lowest BCUT2D eigenvalue weighted by Gasteiger charge is -2.37. The second kappa shape index (κ2) is 10.6. The number of aromatic nitrogens is 1. The molecule has 0 atom stereocenters. The van der Waals surface area contributed by atoms with Crippen molar-refractivity contribution in [3.63, 3.8) is 0 Å². The Bertz CT molecular complexity index is 827. The molecule has 7 nitrogen and oxygen atoms in total. The molecule has 1 aliphatic rings. The van der Waals surface area contributed by atoms with Gasteiger partial charge in [-0.15, -0.1) is 0 Å². The number of hydrogen-bond acceptors (Lipinski definition) is 5. The summed E-state index contributed by atoms with van der Waals surface area (Å²) in [5, 5.41) is 3.29. The van der Waals surface area contributed by atoms with Gasteiger partial charge in [0, 0.05) is 50.6 Å². The maximum absolute atomic E-state index is 12.8. The minimum atomic E-state index is -2.91. The number of ether oxygens (including phenoxy) is 2. The third-order valence-electron chi connectivity index (χ3n) is 4.78. The molecule has 0 unspecified atom stereocenters. The Morgan fingerprint density at radius 2 is 2.00 bits per heavy atom.